The van der Waals surface area contributed by atoms with E-state index < -0.39 is 5.60 Å². The van der Waals surface area contributed by atoms with Crippen LogP contribution in [0.15, 0.2) is 39.9 Å². The van der Waals surface area contributed by atoms with E-state index in [-0.39, 0.29) is 11.8 Å². The first-order valence-corrected chi connectivity index (χ1v) is 8.08. The van der Waals surface area contributed by atoms with Crippen molar-refractivity contribution in [3.63, 3.8) is 0 Å². The van der Waals surface area contributed by atoms with Crippen LogP contribution in [0.3, 0.4) is 0 Å². The quantitative estimate of drug-likeness (QED) is 0.593. The fourth-order valence-electron chi connectivity index (χ4n) is 3.35. The zero-order valence-corrected chi connectivity index (χ0v) is 13.5. The maximum Gasteiger partial charge on any atom is 0.335 e. The van der Waals surface area contributed by atoms with Gasteiger partial charge in [-0.05, 0) is 56.9 Å². The number of ether oxygens (including phenoxy) is 1. The van der Waals surface area contributed by atoms with Gasteiger partial charge in [0.15, 0.2) is 5.78 Å². The molecule has 0 saturated heterocycles. The first-order chi connectivity index (χ1) is 10.0. The van der Waals surface area contributed by atoms with Crippen LogP contribution in [0.2, 0.25) is 0 Å². The first-order valence-electron chi connectivity index (χ1n) is 7.28. The molecule has 1 aliphatic heterocycles. The molecule has 1 spiro atoms. The summed E-state index contributed by atoms with van der Waals surface area (Å²) in [6.07, 6.45) is 4.65. The van der Waals surface area contributed by atoms with Crippen molar-refractivity contribution >= 4 is 27.7 Å². The molecule has 0 aromatic heterocycles. The lowest BCUT2D eigenvalue weighted by Crippen LogP contribution is -2.37. The third-order valence-corrected chi connectivity index (χ3v) is 4.95. The average Bonchev–Trinajstić information content (AvgIpc) is 2.71. The van der Waals surface area contributed by atoms with Crippen molar-refractivity contribution in [3.05, 3.63) is 45.4 Å². The second-order valence-corrected chi connectivity index (χ2v) is 6.70. The van der Waals surface area contributed by atoms with Crippen LogP contribution < -0.4 is 0 Å². The Morgan fingerprint density at radius 3 is 2.38 bits per heavy atom. The lowest BCUT2D eigenvalue weighted by Gasteiger charge is -2.34. The summed E-state index contributed by atoms with van der Waals surface area (Å²) in [6.45, 7) is 1.71. The van der Waals surface area contributed by atoms with E-state index in [1.54, 1.807) is 19.1 Å². The first kappa shape index (κ1) is 14.5. The van der Waals surface area contributed by atoms with Crippen LogP contribution >= 0.6 is 15.9 Å². The normalized spacial score (nSPS) is 20.8. The van der Waals surface area contributed by atoms with Crippen LogP contribution in [-0.4, -0.2) is 17.4 Å². The van der Waals surface area contributed by atoms with Crippen LogP contribution in [0, 0.1) is 0 Å². The van der Waals surface area contributed by atoms with Crippen molar-refractivity contribution in [2.45, 2.75) is 44.6 Å². The van der Waals surface area contributed by atoms with Crippen molar-refractivity contribution in [2.75, 3.05) is 0 Å². The minimum atomic E-state index is -0.677. The molecule has 1 heterocycles. The zero-order valence-electron chi connectivity index (χ0n) is 11.9. The highest BCUT2D eigenvalue weighted by Gasteiger charge is 2.49. The third-order valence-electron chi connectivity index (χ3n) is 4.42. The van der Waals surface area contributed by atoms with Gasteiger partial charge >= 0.3 is 5.97 Å². The predicted octanol–water partition coefficient (Wildman–Crippen LogP) is 4.21. The fourth-order valence-corrected chi connectivity index (χ4v) is 3.61. The highest BCUT2D eigenvalue weighted by molar-refractivity contribution is 9.10. The van der Waals surface area contributed by atoms with Gasteiger partial charge in [0.2, 0.25) is 0 Å². The summed E-state index contributed by atoms with van der Waals surface area (Å²) >= 11 is 3.37. The van der Waals surface area contributed by atoms with Crippen molar-refractivity contribution < 1.29 is 14.3 Å². The molecule has 4 heteroatoms. The van der Waals surface area contributed by atoms with Gasteiger partial charge in [0.05, 0.1) is 5.57 Å². The standard InChI is InChI=1S/C17H17BrO3/c1-11-14(15(19)12-5-7-13(18)8-6-12)17(21-16(11)20)9-3-2-4-10-17/h5-8H,2-4,9-10H2,1H3. The lowest BCUT2D eigenvalue weighted by atomic mass is 9.76. The fraction of sp³-hybridized carbons (Fsp3) is 0.412. The maximum atomic E-state index is 12.9. The van der Waals surface area contributed by atoms with Gasteiger partial charge in [-0.2, -0.15) is 0 Å². The summed E-state index contributed by atoms with van der Waals surface area (Å²) in [5.41, 5.74) is 0.985. The molecule has 1 fully saturated rings. The number of hydrogen-bond donors (Lipinski definition) is 0. The molecule has 1 saturated carbocycles. The third kappa shape index (κ3) is 2.46. The van der Waals surface area contributed by atoms with Gasteiger partial charge in [-0.3, -0.25) is 4.79 Å². The summed E-state index contributed by atoms with van der Waals surface area (Å²) in [5.74, 6) is -0.412. The lowest BCUT2D eigenvalue weighted by molar-refractivity contribution is -0.148. The number of carbonyl (C=O) groups is 2. The van der Waals surface area contributed by atoms with Gasteiger partial charge < -0.3 is 4.74 Å². The molecule has 0 radical (unpaired) electrons. The van der Waals surface area contributed by atoms with Gasteiger partial charge in [-0.25, -0.2) is 4.79 Å². The Bertz CT molecular complexity index is 622. The molecule has 0 amide bonds. The Morgan fingerprint density at radius 1 is 1.14 bits per heavy atom. The molecule has 1 aliphatic carbocycles. The number of ketones is 1. The van der Waals surface area contributed by atoms with E-state index in [0.717, 1.165) is 36.6 Å². The number of rotatable bonds is 2. The summed E-state index contributed by atoms with van der Waals surface area (Å²) in [6, 6.07) is 7.25. The molecule has 0 bridgehead atoms. The zero-order chi connectivity index (χ0) is 15.0. The van der Waals surface area contributed by atoms with Crippen LogP contribution in [0.4, 0.5) is 0 Å². The smallest absolute Gasteiger partial charge is 0.335 e. The topological polar surface area (TPSA) is 43.4 Å². The van der Waals surface area contributed by atoms with Crippen molar-refractivity contribution in [3.8, 4) is 0 Å². The second kappa shape index (κ2) is 5.41. The number of halogens is 1. The van der Waals surface area contributed by atoms with E-state index in [0.29, 0.717) is 16.7 Å². The molecule has 2 aliphatic rings. The highest BCUT2D eigenvalue weighted by atomic mass is 79.9. The van der Waals surface area contributed by atoms with Gasteiger partial charge in [0.1, 0.15) is 5.60 Å². The van der Waals surface area contributed by atoms with E-state index in [2.05, 4.69) is 15.9 Å². The second-order valence-electron chi connectivity index (χ2n) is 5.78. The van der Waals surface area contributed by atoms with E-state index >= 15 is 0 Å². The highest BCUT2D eigenvalue weighted by Crippen LogP contribution is 2.44. The summed E-state index contributed by atoms with van der Waals surface area (Å²) < 4.78 is 6.56. The number of hydrogen-bond acceptors (Lipinski definition) is 3. The summed E-state index contributed by atoms with van der Waals surface area (Å²) in [5, 5.41) is 0. The van der Waals surface area contributed by atoms with Crippen LogP contribution in [0.25, 0.3) is 0 Å². The Morgan fingerprint density at radius 2 is 1.76 bits per heavy atom. The Balaban J connectivity index is 2.02. The summed E-state index contributed by atoms with van der Waals surface area (Å²) in [7, 11) is 0. The minimum absolute atomic E-state index is 0.0762. The number of carbonyl (C=O) groups excluding carboxylic acids is 2. The molecule has 21 heavy (non-hydrogen) atoms. The monoisotopic (exact) mass is 348 g/mol. The molecule has 0 N–H and O–H groups in total. The molecule has 0 unspecified atom stereocenters. The van der Waals surface area contributed by atoms with Crippen molar-refractivity contribution in [1.29, 1.82) is 0 Å². The molecule has 1 aromatic carbocycles. The van der Waals surface area contributed by atoms with Gasteiger partial charge in [0.25, 0.3) is 0 Å². The number of esters is 1. The van der Waals surface area contributed by atoms with Gasteiger partial charge in [-0.1, -0.05) is 22.4 Å². The Kier molecular flexibility index (Phi) is 3.74. The molecule has 110 valence electrons. The number of Topliss-reactive ketones (excluding diaryl/α,β-unsaturated/α-hetero) is 1. The van der Waals surface area contributed by atoms with E-state index in [1.807, 2.05) is 12.1 Å². The van der Waals surface area contributed by atoms with Crippen molar-refractivity contribution in [1.82, 2.24) is 0 Å². The van der Waals surface area contributed by atoms with Crippen molar-refractivity contribution in [2.24, 2.45) is 0 Å². The molecular formula is C17H17BrO3. The Hall–Kier alpha value is -1.42. The largest absolute Gasteiger partial charge is 0.451 e. The average molecular weight is 349 g/mol. The SMILES string of the molecule is CC1=C(C(=O)c2ccc(Br)cc2)C2(CCCCC2)OC1=O. The molecule has 3 rings (SSSR count). The van der Waals surface area contributed by atoms with E-state index in [1.165, 1.54) is 0 Å². The summed E-state index contributed by atoms with van der Waals surface area (Å²) in [4.78, 5) is 24.9. The molecular weight excluding hydrogens is 332 g/mol. The van der Waals surface area contributed by atoms with E-state index in [9.17, 15) is 9.59 Å². The maximum absolute atomic E-state index is 12.9. The van der Waals surface area contributed by atoms with Crippen LogP contribution in [-0.2, 0) is 9.53 Å². The minimum Gasteiger partial charge on any atom is -0.451 e. The van der Waals surface area contributed by atoms with Crippen LogP contribution in [0.5, 0.6) is 0 Å². The predicted molar refractivity (Wildman–Crippen MR) is 83.1 cm³/mol. The van der Waals surface area contributed by atoms with Gasteiger partial charge in [-0.15, -0.1) is 0 Å². The molecule has 3 nitrogen and oxygen atoms in total. The van der Waals surface area contributed by atoms with Gasteiger partial charge in [0, 0.05) is 15.6 Å². The molecule has 1 aromatic rings. The number of benzene rings is 1. The van der Waals surface area contributed by atoms with Crippen LogP contribution in [0.1, 0.15) is 49.4 Å². The van der Waals surface area contributed by atoms with E-state index in [4.69, 9.17) is 4.74 Å². The Labute approximate surface area is 132 Å². The molecule has 0 atom stereocenters.